The van der Waals surface area contributed by atoms with E-state index in [1.165, 1.54) is 12.8 Å². The van der Waals surface area contributed by atoms with Crippen molar-refractivity contribution in [2.75, 3.05) is 14.1 Å². The molecule has 0 radical (unpaired) electrons. The molecule has 0 unspecified atom stereocenters. The van der Waals surface area contributed by atoms with E-state index in [4.69, 9.17) is 0 Å². The van der Waals surface area contributed by atoms with Crippen LogP contribution in [-0.4, -0.2) is 14.1 Å². The first-order chi connectivity index (χ1) is 3.33. The maximum Gasteiger partial charge on any atom is -0.0167 e. The van der Waals surface area contributed by atoms with Crippen LogP contribution in [0.2, 0.25) is 0 Å². The van der Waals surface area contributed by atoms with Crippen LogP contribution in [0.5, 0.6) is 0 Å². The van der Waals surface area contributed by atoms with Gasteiger partial charge in [-0.3, -0.25) is 0 Å². The maximum absolute atomic E-state index is 2.75. The zero-order valence-corrected chi connectivity index (χ0v) is 7.14. The van der Waals surface area contributed by atoms with Gasteiger partial charge < -0.3 is 5.32 Å². The van der Waals surface area contributed by atoms with E-state index in [2.05, 4.69) is 19.2 Å². The third-order valence-electron chi connectivity index (χ3n) is 0.500. The number of nitrogens with one attached hydrogen (secondary N) is 1. The van der Waals surface area contributed by atoms with E-state index in [9.17, 15) is 0 Å². The smallest absolute Gasteiger partial charge is 0.0167 e. The molecule has 8 heavy (non-hydrogen) atoms. The van der Waals surface area contributed by atoms with Gasteiger partial charge in [-0.1, -0.05) is 26.7 Å². The summed E-state index contributed by atoms with van der Waals surface area (Å²) in [4.78, 5) is 0. The molecule has 0 amide bonds. The van der Waals surface area contributed by atoms with Crippen LogP contribution < -0.4 is 5.32 Å². The van der Waals surface area contributed by atoms with Crippen molar-refractivity contribution in [2.24, 2.45) is 0 Å². The van der Waals surface area contributed by atoms with Crippen LogP contribution in [0, 0.1) is 0 Å². The molecule has 0 saturated carbocycles. The topological polar surface area (TPSA) is 12.0 Å². The second-order valence-corrected chi connectivity index (χ2v) is 1.50. The first kappa shape index (κ1) is 15.7. The third-order valence-corrected chi connectivity index (χ3v) is 0.500. The Morgan fingerprint density at radius 1 is 1.00 bits per heavy atom. The second kappa shape index (κ2) is 26.8. The Morgan fingerprint density at radius 2 is 1.12 bits per heavy atom. The Hall–Kier alpha value is 0.250. The summed E-state index contributed by atoms with van der Waals surface area (Å²) < 4.78 is 0. The van der Waals surface area contributed by atoms with Gasteiger partial charge in [0.15, 0.2) is 0 Å². The highest BCUT2D eigenvalue weighted by molar-refractivity contribution is 5.85. The predicted octanol–water partition coefficient (Wildman–Crippen LogP) is 2.06. The van der Waals surface area contributed by atoms with Crippen molar-refractivity contribution >= 4 is 12.4 Å². The fourth-order valence-corrected chi connectivity index (χ4v) is 0. The molecule has 0 aromatic rings. The van der Waals surface area contributed by atoms with Crippen LogP contribution in [0.25, 0.3) is 0 Å². The number of hydrogen-bond donors (Lipinski definition) is 1. The molecule has 0 heterocycles. The van der Waals surface area contributed by atoms with Gasteiger partial charge in [0, 0.05) is 0 Å². The van der Waals surface area contributed by atoms with Crippen molar-refractivity contribution in [1.29, 1.82) is 0 Å². The SMILES string of the molecule is CCCC.CNC.Cl. The highest BCUT2D eigenvalue weighted by atomic mass is 35.5. The van der Waals surface area contributed by atoms with E-state index in [0.29, 0.717) is 0 Å². The average Bonchev–Trinajstić information content (AvgIpc) is 1.69. The minimum Gasteiger partial charge on any atom is -0.323 e. The molecule has 0 aliphatic heterocycles. The molecule has 0 spiro atoms. The van der Waals surface area contributed by atoms with Gasteiger partial charge >= 0.3 is 0 Å². The summed E-state index contributed by atoms with van der Waals surface area (Å²) in [5.41, 5.74) is 0. The monoisotopic (exact) mass is 139 g/mol. The summed E-state index contributed by atoms with van der Waals surface area (Å²) >= 11 is 0. The lowest BCUT2D eigenvalue weighted by atomic mass is 10.4. The molecule has 0 aromatic carbocycles. The van der Waals surface area contributed by atoms with E-state index in [0.717, 1.165) is 0 Å². The fraction of sp³-hybridized carbons (Fsp3) is 1.00. The van der Waals surface area contributed by atoms with Crippen molar-refractivity contribution < 1.29 is 0 Å². The predicted molar refractivity (Wildman–Crippen MR) is 42.8 cm³/mol. The summed E-state index contributed by atoms with van der Waals surface area (Å²) in [5, 5.41) is 2.75. The average molecular weight is 140 g/mol. The highest BCUT2D eigenvalue weighted by Crippen LogP contribution is 1.76. The maximum atomic E-state index is 2.75. The van der Waals surface area contributed by atoms with Gasteiger partial charge in [0.05, 0.1) is 0 Å². The molecule has 1 N–H and O–H groups in total. The molecule has 0 aromatic heterocycles. The zero-order chi connectivity index (χ0) is 6.12. The Balaban J connectivity index is -0.0000000575. The van der Waals surface area contributed by atoms with Gasteiger partial charge in [-0.2, -0.15) is 0 Å². The number of hydrogen-bond acceptors (Lipinski definition) is 1. The number of unbranched alkanes of at least 4 members (excludes halogenated alkanes) is 1. The molecule has 2 heteroatoms. The van der Waals surface area contributed by atoms with Crippen LogP contribution >= 0.6 is 12.4 Å². The second-order valence-electron chi connectivity index (χ2n) is 1.50. The van der Waals surface area contributed by atoms with E-state index in [-0.39, 0.29) is 12.4 Å². The molecule has 1 nitrogen and oxygen atoms in total. The van der Waals surface area contributed by atoms with Crippen LogP contribution in [0.15, 0.2) is 0 Å². The van der Waals surface area contributed by atoms with E-state index in [1.54, 1.807) is 0 Å². The Kier molecular flexibility index (Phi) is 52.7. The van der Waals surface area contributed by atoms with E-state index < -0.39 is 0 Å². The van der Waals surface area contributed by atoms with Crippen molar-refractivity contribution in [3.63, 3.8) is 0 Å². The van der Waals surface area contributed by atoms with Crippen molar-refractivity contribution in [2.45, 2.75) is 26.7 Å². The first-order valence-electron chi connectivity index (χ1n) is 2.91. The van der Waals surface area contributed by atoms with Gasteiger partial charge in [-0.25, -0.2) is 0 Å². The van der Waals surface area contributed by atoms with Gasteiger partial charge in [0.2, 0.25) is 0 Å². The van der Waals surface area contributed by atoms with Crippen LogP contribution in [0.1, 0.15) is 26.7 Å². The van der Waals surface area contributed by atoms with Crippen LogP contribution in [-0.2, 0) is 0 Å². The summed E-state index contributed by atoms with van der Waals surface area (Å²) in [5.74, 6) is 0. The lowest BCUT2D eigenvalue weighted by Gasteiger charge is -1.68. The molecular formula is C6H18ClN. The highest BCUT2D eigenvalue weighted by Gasteiger charge is 1.56. The first-order valence-corrected chi connectivity index (χ1v) is 2.91. The van der Waals surface area contributed by atoms with Crippen molar-refractivity contribution in [1.82, 2.24) is 5.32 Å². The zero-order valence-electron chi connectivity index (χ0n) is 6.32. The quantitative estimate of drug-likeness (QED) is 0.587. The Bertz CT molecular complexity index is 16.0. The molecule has 0 aliphatic rings. The van der Waals surface area contributed by atoms with Crippen molar-refractivity contribution in [3.05, 3.63) is 0 Å². The molecule has 0 saturated heterocycles. The molecule has 0 atom stereocenters. The summed E-state index contributed by atoms with van der Waals surface area (Å²) in [6.07, 6.45) is 2.64. The lowest BCUT2D eigenvalue weighted by Crippen LogP contribution is -1.89. The van der Waals surface area contributed by atoms with Gasteiger partial charge in [0.1, 0.15) is 0 Å². The van der Waals surface area contributed by atoms with Crippen molar-refractivity contribution in [3.8, 4) is 0 Å². The summed E-state index contributed by atoms with van der Waals surface area (Å²) in [7, 11) is 3.75. The number of rotatable bonds is 1. The van der Waals surface area contributed by atoms with Crippen LogP contribution in [0.4, 0.5) is 0 Å². The Labute approximate surface area is 59.3 Å². The minimum absolute atomic E-state index is 0. The number of halogens is 1. The molecule has 54 valence electrons. The van der Waals surface area contributed by atoms with Gasteiger partial charge in [-0.05, 0) is 14.1 Å². The molecule has 0 rings (SSSR count). The molecule has 0 aliphatic carbocycles. The standard InChI is InChI=1S/C4H10.C2H7N.ClH/c1-3-4-2;1-3-2;/h3-4H2,1-2H3;3H,1-2H3;1H. The summed E-state index contributed by atoms with van der Waals surface area (Å²) in [6, 6.07) is 0. The lowest BCUT2D eigenvalue weighted by molar-refractivity contribution is 0.886. The summed E-state index contributed by atoms with van der Waals surface area (Å²) in [6.45, 7) is 4.36. The van der Waals surface area contributed by atoms with E-state index >= 15 is 0 Å². The minimum atomic E-state index is 0. The van der Waals surface area contributed by atoms with Gasteiger partial charge in [0.25, 0.3) is 0 Å². The molecule has 0 fully saturated rings. The van der Waals surface area contributed by atoms with Gasteiger partial charge in [-0.15, -0.1) is 12.4 Å². The third kappa shape index (κ3) is 110. The van der Waals surface area contributed by atoms with Crippen LogP contribution in [0.3, 0.4) is 0 Å². The fourth-order valence-electron chi connectivity index (χ4n) is 0. The molecule has 0 bridgehead atoms. The normalized spacial score (nSPS) is 6.00. The Morgan fingerprint density at radius 3 is 1.12 bits per heavy atom. The molecular weight excluding hydrogens is 122 g/mol. The van der Waals surface area contributed by atoms with E-state index in [1.807, 2.05) is 14.1 Å². The largest absolute Gasteiger partial charge is 0.323 e.